The van der Waals surface area contributed by atoms with Crippen molar-refractivity contribution in [1.82, 2.24) is 20.4 Å². The van der Waals surface area contributed by atoms with Crippen LogP contribution in [0.15, 0.2) is 49.1 Å². The molecule has 3 aromatic heterocycles. The minimum absolute atomic E-state index is 0.242. The zero-order valence-electron chi connectivity index (χ0n) is 13.2. The molecule has 118 valence electrons. The Morgan fingerprint density at radius 3 is 2.57 bits per heavy atom. The number of hydrogen-bond acceptors (Lipinski definition) is 6. The molecule has 0 spiro atoms. The number of hydrazine groups is 1. The molecule has 3 rings (SSSR count). The van der Waals surface area contributed by atoms with E-state index >= 15 is 0 Å². The van der Waals surface area contributed by atoms with Crippen LogP contribution in [0.25, 0.3) is 22.0 Å². The van der Waals surface area contributed by atoms with Crippen LogP contribution >= 0.6 is 0 Å². The first kappa shape index (κ1) is 15.3. The molecule has 0 aliphatic rings. The van der Waals surface area contributed by atoms with Gasteiger partial charge in [-0.3, -0.25) is 21.2 Å². The van der Waals surface area contributed by atoms with E-state index in [4.69, 9.17) is 10.8 Å². The maximum atomic E-state index is 5.58. The molecular weight excluding hydrogens is 288 g/mol. The van der Waals surface area contributed by atoms with Crippen LogP contribution < -0.4 is 16.6 Å². The molecule has 0 saturated heterocycles. The van der Waals surface area contributed by atoms with Crippen molar-refractivity contribution in [1.29, 1.82) is 0 Å². The summed E-state index contributed by atoms with van der Waals surface area (Å²) in [5, 5.41) is 5.46. The number of pyridine rings is 3. The summed E-state index contributed by atoms with van der Waals surface area (Å²) in [6.07, 6.45) is 7.14. The quantitative estimate of drug-likeness (QED) is 0.495. The molecule has 0 aliphatic heterocycles. The van der Waals surface area contributed by atoms with E-state index in [0.29, 0.717) is 6.54 Å². The van der Waals surface area contributed by atoms with Gasteiger partial charge in [0.2, 0.25) is 0 Å². The zero-order valence-corrected chi connectivity index (χ0v) is 13.2. The third-order valence-electron chi connectivity index (χ3n) is 3.70. The number of rotatable bonds is 5. The summed E-state index contributed by atoms with van der Waals surface area (Å²) in [4.78, 5) is 13.0. The Balaban J connectivity index is 2.04. The van der Waals surface area contributed by atoms with Crippen molar-refractivity contribution in [3.63, 3.8) is 0 Å². The summed E-state index contributed by atoms with van der Waals surface area (Å²) in [5.41, 5.74) is 4.45. The number of fused-ring (bicyclic) bond motifs is 1. The molecule has 0 aliphatic carbocycles. The van der Waals surface area contributed by atoms with E-state index in [2.05, 4.69) is 20.7 Å². The molecule has 0 fully saturated rings. The van der Waals surface area contributed by atoms with Crippen LogP contribution in [0.1, 0.15) is 13.8 Å². The molecule has 6 heteroatoms. The fourth-order valence-corrected chi connectivity index (χ4v) is 2.26. The molecular formula is C17H20N6. The predicted octanol–water partition coefficient (Wildman–Crippen LogP) is 2.35. The third kappa shape index (κ3) is 3.44. The number of hydrogen-bond donors (Lipinski definition) is 3. The van der Waals surface area contributed by atoms with E-state index in [1.807, 2.05) is 44.3 Å². The molecule has 0 amide bonds. The maximum Gasteiger partial charge on any atom is 0.134 e. The lowest BCUT2D eigenvalue weighted by Crippen LogP contribution is -2.49. The first-order valence-electron chi connectivity index (χ1n) is 7.46. The second kappa shape index (κ2) is 6.28. The lowest BCUT2D eigenvalue weighted by atomic mass is 10.1. The van der Waals surface area contributed by atoms with Gasteiger partial charge in [0.15, 0.2) is 0 Å². The van der Waals surface area contributed by atoms with Gasteiger partial charge in [-0.2, -0.15) is 0 Å². The highest BCUT2D eigenvalue weighted by atomic mass is 15.3. The lowest BCUT2D eigenvalue weighted by Gasteiger charge is -2.24. The summed E-state index contributed by atoms with van der Waals surface area (Å²) in [7, 11) is 0. The van der Waals surface area contributed by atoms with Gasteiger partial charge in [0.1, 0.15) is 5.82 Å². The fourth-order valence-electron chi connectivity index (χ4n) is 2.26. The number of nitrogens with one attached hydrogen (secondary N) is 2. The molecule has 23 heavy (non-hydrogen) atoms. The molecule has 3 aromatic rings. The SMILES string of the molecule is CC(C)(CNc1nc(-c2ccncc2)cc2cnccc12)NN. The normalized spacial score (nSPS) is 11.6. The lowest BCUT2D eigenvalue weighted by molar-refractivity contribution is 0.419. The van der Waals surface area contributed by atoms with Crippen LogP contribution in [0, 0.1) is 0 Å². The summed E-state index contributed by atoms with van der Waals surface area (Å²) < 4.78 is 0. The Morgan fingerprint density at radius 1 is 1.09 bits per heavy atom. The molecule has 0 bridgehead atoms. The Labute approximate surface area is 135 Å². The number of aromatic nitrogens is 3. The number of nitrogens with two attached hydrogens (primary N) is 1. The van der Waals surface area contributed by atoms with Crippen LogP contribution in [-0.2, 0) is 0 Å². The molecule has 0 radical (unpaired) electrons. The van der Waals surface area contributed by atoms with Crippen LogP contribution in [0.3, 0.4) is 0 Å². The second-order valence-corrected chi connectivity index (χ2v) is 6.07. The van der Waals surface area contributed by atoms with Crippen LogP contribution in [-0.4, -0.2) is 27.0 Å². The van der Waals surface area contributed by atoms with Crippen molar-refractivity contribution in [3.8, 4) is 11.3 Å². The van der Waals surface area contributed by atoms with E-state index < -0.39 is 0 Å². The van der Waals surface area contributed by atoms with Gasteiger partial charge in [-0.05, 0) is 38.1 Å². The summed E-state index contributed by atoms with van der Waals surface area (Å²) in [6.45, 7) is 4.70. The van der Waals surface area contributed by atoms with Crippen molar-refractivity contribution in [2.75, 3.05) is 11.9 Å². The largest absolute Gasteiger partial charge is 0.368 e. The first-order chi connectivity index (χ1) is 11.1. The highest BCUT2D eigenvalue weighted by molar-refractivity contribution is 5.93. The topological polar surface area (TPSA) is 88.8 Å². The molecule has 6 nitrogen and oxygen atoms in total. The van der Waals surface area contributed by atoms with Crippen molar-refractivity contribution in [3.05, 3.63) is 49.1 Å². The third-order valence-corrected chi connectivity index (χ3v) is 3.70. The molecule has 3 heterocycles. The average molecular weight is 308 g/mol. The van der Waals surface area contributed by atoms with Gasteiger partial charge in [-0.25, -0.2) is 4.98 Å². The van der Waals surface area contributed by atoms with Crippen molar-refractivity contribution in [2.45, 2.75) is 19.4 Å². The Hall–Kier alpha value is -2.57. The van der Waals surface area contributed by atoms with Crippen LogP contribution in [0.5, 0.6) is 0 Å². The van der Waals surface area contributed by atoms with Crippen molar-refractivity contribution < 1.29 is 0 Å². The highest BCUT2D eigenvalue weighted by Crippen LogP contribution is 2.27. The minimum Gasteiger partial charge on any atom is -0.368 e. The van der Waals surface area contributed by atoms with Gasteiger partial charge >= 0.3 is 0 Å². The van der Waals surface area contributed by atoms with E-state index in [1.54, 1.807) is 18.6 Å². The Bertz CT molecular complexity index is 801. The van der Waals surface area contributed by atoms with Gasteiger partial charge < -0.3 is 5.32 Å². The first-order valence-corrected chi connectivity index (χ1v) is 7.46. The van der Waals surface area contributed by atoms with Gasteiger partial charge in [0.05, 0.1) is 5.69 Å². The fraction of sp³-hybridized carbons (Fsp3) is 0.235. The van der Waals surface area contributed by atoms with Crippen LogP contribution in [0.2, 0.25) is 0 Å². The van der Waals surface area contributed by atoms with E-state index in [0.717, 1.165) is 27.8 Å². The van der Waals surface area contributed by atoms with E-state index in [1.165, 1.54) is 0 Å². The standard InChI is InChI=1S/C17H20N6/c1-17(2,23-18)11-21-16-14-5-8-20-10-13(14)9-15(22-16)12-3-6-19-7-4-12/h3-10,23H,11,18H2,1-2H3,(H,21,22). The maximum absolute atomic E-state index is 5.58. The smallest absolute Gasteiger partial charge is 0.134 e. The van der Waals surface area contributed by atoms with Gasteiger partial charge in [0, 0.05) is 53.2 Å². The predicted molar refractivity (Wildman–Crippen MR) is 92.7 cm³/mol. The molecule has 0 atom stereocenters. The van der Waals surface area contributed by atoms with E-state index in [-0.39, 0.29) is 5.54 Å². The summed E-state index contributed by atoms with van der Waals surface area (Å²) >= 11 is 0. The van der Waals surface area contributed by atoms with Gasteiger partial charge in [-0.15, -0.1) is 0 Å². The van der Waals surface area contributed by atoms with Gasteiger partial charge in [-0.1, -0.05) is 0 Å². The highest BCUT2D eigenvalue weighted by Gasteiger charge is 2.16. The number of nitrogens with zero attached hydrogens (tertiary/aromatic N) is 3. The van der Waals surface area contributed by atoms with Crippen molar-refractivity contribution >= 4 is 16.6 Å². The Kier molecular flexibility index (Phi) is 4.18. The molecule has 4 N–H and O–H groups in total. The Morgan fingerprint density at radius 2 is 1.83 bits per heavy atom. The number of anilines is 1. The minimum atomic E-state index is -0.242. The van der Waals surface area contributed by atoms with Gasteiger partial charge in [0.25, 0.3) is 0 Å². The van der Waals surface area contributed by atoms with E-state index in [9.17, 15) is 0 Å². The summed E-state index contributed by atoms with van der Waals surface area (Å²) in [5.74, 6) is 6.40. The zero-order chi connectivity index (χ0) is 16.3. The van der Waals surface area contributed by atoms with Crippen molar-refractivity contribution in [2.24, 2.45) is 5.84 Å². The van der Waals surface area contributed by atoms with Crippen LogP contribution in [0.4, 0.5) is 5.82 Å². The monoisotopic (exact) mass is 308 g/mol. The molecule has 0 aromatic carbocycles. The molecule has 0 saturated carbocycles. The average Bonchev–Trinajstić information content (AvgIpc) is 2.60. The summed E-state index contributed by atoms with van der Waals surface area (Å²) in [6, 6.07) is 7.89. The second-order valence-electron chi connectivity index (χ2n) is 6.07. The molecule has 0 unspecified atom stereocenters.